The van der Waals surface area contributed by atoms with Crippen LogP contribution in [0.5, 0.6) is 0 Å². The van der Waals surface area contributed by atoms with Crippen molar-refractivity contribution in [1.82, 2.24) is 15.0 Å². The van der Waals surface area contributed by atoms with E-state index in [1.807, 2.05) is 6.92 Å². The van der Waals surface area contributed by atoms with E-state index >= 15 is 0 Å². The monoisotopic (exact) mass is 255 g/mol. The first kappa shape index (κ1) is 14.0. The highest BCUT2D eigenvalue weighted by Crippen LogP contribution is 2.11. The van der Waals surface area contributed by atoms with Crippen molar-refractivity contribution in [3.63, 3.8) is 0 Å². The van der Waals surface area contributed by atoms with Crippen LogP contribution in [0.15, 0.2) is 0 Å². The number of nitrogens with zero attached hydrogens (tertiary/aromatic N) is 3. The normalized spacial score (nSPS) is 12.6. The van der Waals surface area contributed by atoms with Gasteiger partial charge in [0.25, 0.3) is 0 Å². The first-order valence-electron chi connectivity index (χ1n) is 5.93. The Kier molecular flexibility index (Phi) is 5.47. The minimum Gasteiger partial charge on any atom is -0.354 e. The molecule has 0 aromatic carbocycles. The number of anilines is 2. The maximum absolute atomic E-state index is 4.32. The molecular formula is C11H21N5S. The molecule has 0 aliphatic rings. The fourth-order valence-electron chi connectivity index (χ4n) is 1.16. The van der Waals surface area contributed by atoms with E-state index < -0.39 is 0 Å². The van der Waals surface area contributed by atoms with Crippen LogP contribution < -0.4 is 10.6 Å². The predicted octanol–water partition coefficient (Wildman–Crippen LogP) is 2.19. The van der Waals surface area contributed by atoms with Crippen LogP contribution in [-0.2, 0) is 5.75 Å². The maximum atomic E-state index is 4.32. The van der Waals surface area contributed by atoms with E-state index in [1.165, 1.54) is 0 Å². The van der Waals surface area contributed by atoms with Crippen LogP contribution in [0.3, 0.4) is 0 Å². The lowest BCUT2D eigenvalue weighted by Gasteiger charge is -2.17. The highest BCUT2D eigenvalue weighted by Gasteiger charge is 2.10. The minimum atomic E-state index is 0.319. The minimum absolute atomic E-state index is 0.319. The topological polar surface area (TPSA) is 62.7 Å². The average Bonchev–Trinajstić information content (AvgIpc) is 2.28. The molecule has 0 amide bonds. The van der Waals surface area contributed by atoms with E-state index in [9.17, 15) is 0 Å². The molecule has 6 heteroatoms. The Morgan fingerprint density at radius 1 is 1.12 bits per heavy atom. The summed E-state index contributed by atoms with van der Waals surface area (Å²) in [6, 6.07) is 0.319. The van der Waals surface area contributed by atoms with Gasteiger partial charge in [-0.05, 0) is 19.8 Å². The Morgan fingerprint density at radius 2 is 1.76 bits per heavy atom. The molecule has 1 aromatic rings. The van der Waals surface area contributed by atoms with E-state index in [0.717, 1.165) is 6.54 Å². The number of rotatable bonds is 6. The summed E-state index contributed by atoms with van der Waals surface area (Å²) >= 11 is 4.20. The lowest BCUT2D eigenvalue weighted by Crippen LogP contribution is -2.23. The molecule has 0 radical (unpaired) electrons. The molecule has 1 atom stereocenters. The van der Waals surface area contributed by atoms with Crippen LogP contribution in [0.2, 0.25) is 0 Å². The summed E-state index contributed by atoms with van der Waals surface area (Å²) in [5.41, 5.74) is 0. The van der Waals surface area contributed by atoms with E-state index in [1.54, 1.807) is 0 Å². The van der Waals surface area contributed by atoms with Crippen LogP contribution in [0.1, 0.15) is 33.5 Å². The molecule has 0 saturated carbocycles. The summed E-state index contributed by atoms with van der Waals surface area (Å²) in [5, 5.41) is 6.37. The van der Waals surface area contributed by atoms with E-state index in [2.05, 4.69) is 59.0 Å². The number of nitrogens with one attached hydrogen (secondary N) is 2. The molecule has 1 unspecified atom stereocenters. The quantitative estimate of drug-likeness (QED) is 0.680. The Hall–Kier alpha value is -1.04. The Morgan fingerprint density at radius 3 is 2.29 bits per heavy atom. The zero-order chi connectivity index (χ0) is 12.8. The van der Waals surface area contributed by atoms with Gasteiger partial charge in [0.05, 0.1) is 5.75 Å². The summed E-state index contributed by atoms with van der Waals surface area (Å²) in [6.45, 7) is 9.22. The smallest absolute Gasteiger partial charge is 0.227 e. The van der Waals surface area contributed by atoms with Gasteiger partial charge in [0.2, 0.25) is 11.9 Å². The largest absolute Gasteiger partial charge is 0.354 e. The van der Waals surface area contributed by atoms with Gasteiger partial charge in [0.1, 0.15) is 5.82 Å². The third-order valence-electron chi connectivity index (χ3n) is 2.51. The van der Waals surface area contributed by atoms with Crippen molar-refractivity contribution >= 4 is 24.5 Å². The van der Waals surface area contributed by atoms with Gasteiger partial charge >= 0.3 is 0 Å². The highest BCUT2D eigenvalue weighted by molar-refractivity contribution is 7.79. The standard InChI is InChI=1S/C11H21N5S/c1-5-12-10-14-9(6-17)15-11(16-10)13-8(4)7(2)3/h7-8,17H,5-6H2,1-4H3,(H2,12,13,14,15,16). The summed E-state index contributed by atoms with van der Waals surface area (Å²) in [4.78, 5) is 12.9. The molecule has 0 aliphatic heterocycles. The summed E-state index contributed by atoms with van der Waals surface area (Å²) in [7, 11) is 0. The molecule has 5 nitrogen and oxygen atoms in total. The number of hydrogen-bond acceptors (Lipinski definition) is 6. The van der Waals surface area contributed by atoms with Gasteiger partial charge in [0, 0.05) is 12.6 Å². The van der Waals surface area contributed by atoms with Crippen molar-refractivity contribution in [1.29, 1.82) is 0 Å². The van der Waals surface area contributed by atoms with Gasteiger partial charge in [0.15, 0.2) is 0 Å². The molecule has 0 aliphatic carbocycles. The van der Waals surface area contributed by atoms with Gasteiger partial charge < -0.3 is 10.6 Å². The molecule has 96 valence electrons. The predicted molar refractivity (Wildman–Crippen MR) is 74.6 cm³/mol. The molecule has 1 heterocycles. The van der Waals surface area contributed by atoms with Crippen molar-refractivity contribution in [2.24, 2.45) is 5.92 Å². The zero-order valence-corrected chi connectivity index (χ0v) is 11.8. The van der Waals surface area contributed by atoms with Crippen LogP contribution in [-0.4, -0.2) is 27.5 Å². The van der Waals surface area contributed by atoms with E-state index in [-0.39, 0.29) is 0 Å². The lowest BCUT2D eigenvalue weighted by molar-refractivity contribution is 0.555. The first-order valence-corrected chi connectivity index (χ1v) is 6.56. The van der Waals surface area contributed by atoms with Crippen molar-refractivity contribution in [3.05, 3.63) is 5.82 Å². The number of aromatic nitrogens is 3. The molecule has 1 aromatic heterocycles. The van der Waals surface area contributed by atoms with E-state index in [4.69, 9.17) is 0 Å². The molecule has 0 fully saturated rings. The third-order valence-corrected chi connectivity index (χ3v) is 2.80. The number of thiol groups is 1. The third kappa shape index (κ3) is 4.38. The lowest BCUT2D eigenvalue weighted by atomic mass is 10.1. The molecule has 0 bridgehead atoms. The molecule has 2 N–H and O–H groups in total. The van der Waals surface area contributed by atoms with Crippen molar-refractivity contribution < 1.29 is 0 Å². The highest BCUT2D eigenvalue weighted by atomic mass is 32.1. The summed E-state index contributed by atoms with van der Waals surface area (Å²) in [5.74, 6) is 2.92. The SMILES string of the molecule is CCNc1nc(CS)nc(NC(C)C(C)C)n1. The van der Waals surface area contributed by atoms with Gasteiger partial charge in [-0.2, -0.15) is 27.6 Å². The maximum Gasteiger partial charge on any atom is 0.227 e. The van der Waals surface area contributed by atoms with Crippen molar-refractivity contribution in [3.8, 4) is 0 Å². The van der Waals surface area contributed by atoms with E-state index in [0.29, 0.717) is 35.4 Å². The second kappa shape index (κ2) is 6.64. The first-order chi connectivity index (χ1) is 8.06. The summed E-state index contributed by atoms with van der Waals surface area (Å²) < 4.78 is 0. The molecular weight excluding hydrogens is 234 g/mol. The molecule has 17 heavy (non-hydrogen) atoms. The van der Waals surface area contributed by atoms with Crippen LogP contribution in [0, 0.1) is 5.92 Å². The van der Waals surface area contributed by atoms with Crippen LogP contribution >= 0.6 is 12.6 Å². The van der Waals surface area contributed by atoms with Crippen LogP contribution in [0.25, 0.3) is 0 Å². The van der Waals surface area contributed by atoms with Gasteiger partial charge in [-0.25, -0.2) is 0 Å². The van der Waals surface area contributed by atoms with Gasteiger partial charge in [-0.1, -0.05) is 13.8 Å². The fourth-order valence-corrected chi connectivity index (χ4v) is 1.30. The molecule has 0 saturated heterocycles. The zero-order valence-electron chi connectivity index (χ0n) is 10.9. The second-order valence-corrected chi connectivity index (χ2v) is 4.58. The second-order valence-electron chi connectivity index (χ2n) is 4.26. The molecule has 0 spiro atoms. The average molecular weight is 255 g/mol. The van der Waals surface area contributed by atoms with Crippen molar-refractivity contribution in [2.75, 3.05) is 17.2 Å². The fraction of sp³-hybridized carbons (Fsp3) is 0.727. The van der Waals surface area contributed by atoms with Crippen molar-refractivity contribution in [2.45, 2.75) is 39.5 Å². The Balaban J connectivity index is 2.86. The molecule has 1 rings (SSSR count). The Labute approximate surface area is 108 Å². The van der Waals surface area contributed by atoms with Gasteiger partial charge in [-0.15, -0.1) is 0 Å². The van der Waals surface area contributed by atoms with Gasteiger partial charge in [-0.3, -0.25) is 0 Å². The Bertz CT molecular complexity index is 356. The summed E-state index contributed by atoms with van der Waals surface area (Å²) in [6.07, 6.45) is 0. The van der Waals surface area contributed by atoms with Crippen LogP contribution in [0.4, 0.5) is 11.9 Å². The number of hydrogen-bond donors (Lipinski definition) is 3.